The second-order valence-corrected chi connectivity index (χ2v) is 4.23. The lowest BCUT2D eigenvalue weighted by Gasteiger charge is -2.06. The third-order valence-corrected chi connectivity index (χ3v) is 3.61. The van der Waals surface area contributed by atoms with Crippen molar-refractivity contribution in [2.45, 2.75) is 6.92 Å². The largest absolute Gasteiger partial charge is 0.206 e. The summed E-state index contributed by atoms with van der Waals surface area (Å²) in [5, 5.41) is 0.727. The number of hydrogen-bond donors (Lipinski definition) is 0. The average Bonchev–Trinajstić information content (AvgIpc) is 2.14. The lowest BCUT2D eigenvalue weighted by molar-refractivity contribution is 0.607. The average molecular weight is 304 g/mol. The third kappa shape index (κ3) is 1.39. The fourth-order valence-corrected chi connectivity index (χ4v) is 2.09. The number of rotatable bonds is 0. The summed E-state index contributed by atoms with van der Waals surface area (Å²) in [6.07, 6.45) is 0. The van der Waals surface area contributed by atoms with Gasteiger partial charge in [0, 0.05) is 8.96 Å². The smallest absolute Gasteiger partial charge is 0.134 e. The normalized spacial score (nSPS) is 10.9. The van der Waals surface area contributed by atoms with E-state index in [4.69, 9.17) is 0 Å². The Labute approximate surface area is 94.1 Å². The summed E-state index contributed by atoms with van der Waals surface area (Å²) in [6.45, 7) is 1.81. The molecular formula is C11H7F2I. The van der Waals surface area contributed by atoms with Crippen LogP contribution in [0.1, 0.15) is 5.56 Å². The highest BCUT2D eigenvalue weighted by Crippen LogP contribution is 2.28. The van der Waals surface area contributed by atoms with Gasteiger partial charge in [0.05, 0.1) is 5.39 Å². The quantitative estimate of drug-likeness (QED) is 0.645. The Kier molecular flexibility index (Phi) is 2.43. The van der Waals surface area contributed by atoms with Crippen molar-refractivity contribution in [3.8, 4) is 0 Å². The van der Waals surface area contributed by atoms with Crippen LogP contribution in [0.3, 0.4) is 0 Å². The van der Waals surface area contributed by atoms with Gasteiger partial charge in [-0.15, -0.1) is 0 Å². The number of aryl methyl sites for hydroxylation is 1. The highest BCUT2D eigenvalue weighted by molar-refractivity contribution is 14.1. The van der Waals surface area contributed by atoms with Crippen LogP contribution in [0.15, 0.2) is 24.3 Å². The van der Waals surface area contributed by atoms with Gasteiger partial charge in [-0.1, -0.05) is 12.1 Å². The fraction of sp³-hybridized carbons (Fsp3) is 0.0909. The highest BCUT2D eigenvalue weighted by Gasteiger charge is 2.10. The summed E-state index contributed by atoms with van der Waals surface area (Å²) in [6, 6.07) is 5.97. The molecule has 0 unspecified atom stereocenters. The topological polar surface area (TPSA) is 0 Å². The van der Waals surface area contributed by atoms with Crippen molar-refractivity contribution in [1.29, 1.82) is 0 Å². The molecule has 0 bridgehead atoms. The van der Waals surface area contributed by atoms with E-state index in [9.17, 15) is 8.78 Å². The first-order valence-electron chi connectivity index (χ1n) is 4.14. The molecule has 14 heavy (non-hydrogen) atoms. The van der Waals surface area contributed by atoms with Crippen LogP contribution in [0.25, 0.3) is 10.8 Å². The molecule has 0 fully saturated rings. The maximum Gasteiger partial charge on any atom is 0.134 e. The second-order valence-electron chi connectivity index (χ2n) is 3.15. The van der Waals surface area contributed by atoms with Crippen molar-refractivity contribution in [2.24, 2.45) is 0 Å². The van der Waals surface area contributed by atoms with E-state index in [1.54, 1.807) is 12.1 Å². The standard InChI is InChI=1S/C11H7F2I/c1-6-5-9(13)10-7(11(6)14)3-2-4-8(10)12/h2-5H,1H3. The molecular weight excluding hydrogens is 297 g/mol. The van der Waals surface area contributed by atoms with Gasteiger partial charge >= 0.3 is 0 Å². The van der Waals surface area contributed by atoms with Crippen molar-refractivity contribution in [3.63, 3.8) is 0 Å². The van der Waals surface area contributed by atoms with E-state index in [1.807, 2.05) is 6.92 Å². The molecule has 0 aliphatic carbocycles. The lowest BCUT2D eigenvalue weighted by Crippen LogP contribution is -1.90. The monoisotopic (exact) mass is 304 g/mol. The summed E-state index contributed by atoms with van der Waals surface area (Å²) >= 11 is 2.10. The van der Waals surface area contributed by atoms with Gasteiger partial charge in [-0.25, -0.2) is 8.78 Å². The Hall–Kier alpha value is -0.710. The van der Waals surface area contributed by atoms with E-state index in [0.717, 1.165) is 9.13 Å². The van der Waals surface area contributed by atoms with Gasteiger partial charge in [-0.05, 0) is 47.2 Å². The van der Waals surface area contributed by atoms with Crippen molar-refractivity contribution in [2.75, 3.05) is 0 Å². The molecule has 0 aliphatic rings. The molecule has 2 aromatic rings. The van der Waals surface area contributed by atoms with Crippen LogP contribution < -0.4 is 0 Å². The second kappa shape index (κ2) is 3.46. The summed E-state index contributed by atoms with van der Waals surface area (Å²) in [7, 11) is 0. The minimum Gasteiger partial charge on any atom is -0.206 e. The number of halogens is 3. The Morgan fingerprint density at radius 1 is 1.14 bits per heavy atom. The Bertz CT molecular complexity index is 506. The van der Waals surface area contributed by atoms with E-state index in [2.05, 4.69) is 22.6 Å². The van der Waals surface area contributed by atoms with Crippen molar-refractivity contribution >= 4 is 33.4 Å². The summed E-state index contributed by atoms with van der Waals surface area (Å²) in [5.41, 5.74) is 0.834. The van der Waals surface area contributed by atoms with Crippen LogP contribution in [0.2, 0.25) is 0 Å². The Morgan fingerprint density at radius 2 is 1.86 bits per heavy atom. The SMILES string of the molecule is Cc1cc(F)c2c(F)cccc2c1I. The maximum absolute atomic E-state index is 13.4. The van der Waals surface area contributed by atoms with Gasteiger partial charge in [-0.2, -0.15) is 0 Å². The summed E-state index contributed by atoms with van der Waals surface area (Å²) in [5.74, 6) is -0.992. The zero-order chi connectivity index (χ0) is 10.3. The van der Waals surface area contributed by atoms with Crippen molar-refractivity contribution in [3.05, 3.63) is 45.0 Å². The molecule has 0 saturated carbocycles. The minimum absolute atomic E-state index is 0.0856. The van der Waals surface area contributed by atoms with Gasteiger partial charge in [0.1, 0.15) is 11.6 Å². The predicted molar refractivity (Wildman–Crippen MR) is 61.3 cm³/mol. The number of fused-ring (bicyclic) bond motifs is 1. The molecule has 0 radical (unpaired) electrons. The fourth-order valence-electron chi connectivity index (χ4n) is 1.49. The third-order valence-electron chi connectivity index (χ3n) is 2.18. The van der Waals surface area contributed by atoms with Crippen molar-refractivity contribution < 1.29 is 8.78 Å². The Morgan fingerprint density at radius 3 is 2.57 bits per heavy atom. The van der Waals surface area contributed by atoms with Gasteiger partial charge in [-0.3, -0.25) is 0 Å². The number of hydrogen-bond acceptors (Lipinski definition) is 0. The van der Waals surface area contributed by atoms with E-state index < -0.39 is 11.6 Å². The summed E-state index contributed by atoms with van der Waals surface area (Å²) in [4.78, 5) is 0. The van der Waals surface area contributed by atoms with Crippen LogP contribution in [0, 0.1) is 22.1 Å². The van der Waals surface area contributed by atoms with Gasteiger partial charge in [0.15, 0.2) is 0 Å². The van der Waals surface area contributed by atoms with Gasteiger partial charge < -0.3 is 0 Å². The van der Waals surface area contributed by atoms with Crippen LogP contribution >= 0.6 is 22.6 Å². The molecule has 0 heterocycles. The van der Waals surface area contributed by atoms with Gasteiger partial charge in [0.2, 0.25) is 0 Å². The molecule has 0 aromatic heterocycles. The minimum atomic E-state index is -0.502. The molecule has 0 amide bonds. The predicted octanol–water partition coefficient (Wildman–Crippen LogP) is 4.03. The first kappa shape index (κ1) is 9.83. The molecule has 0 atom stereocenters. The van der Waals surface area contributed by atoms with Crippen LogP contribution in [-0.2, 0) is 0 Å². The summed E-state index contributed by atoms with van der Waals surface area (Å²) < 4.78 is 27.7. The zero-order valence-corrected chi connectivity index (χ0v) is 9.60. The van der Waals surface area contributed by atoms with E-state index >= 15 is 0 Å². The molecule has 2 aromatic carbocycles. The van der Waals surface area contributed by atoms with E-state index in [1.165, 1.54) is 12.1 Å². The first-order valence-corrected chi connectivity index (χ1v) is 5.22. The molecule has 0 N–H and O–H groups in total. The van der Waals surface area contributed by atoms with E-state index in [-0.39, 0.29) is 5.39 Å². The maximum atomic E-state index is 13.4. The lowest BCUT2D eigenvalue weighted by atomic mass is 10.1. The van der Waals surface area contributed by atoms with Crippen LogP contribution in [-0.4, -0.2) is 0 Å². The first-order chi connectivity index (χ1) is 6.61. The molecule has 2 rings (SSSR count). The number of benzene rings is 2. The molecule has 72 valence electrons. The molecule has 0 nitrogen and oxygen atoms in total. The van der Waals surface area contributed by atoms with Crippen LogP contribution in [0.4, 0.5) is 8.78 Å². The zero-order valence-electron chi connectivity index (χ0n) is 7.44. The molecule has 0 aliphatic heterocycles. The Balaban J connectivity index is 3.02. The van der Waals surface area contributed by atoms with E-state index in [0.29, 0.717) is 5.39 Å². The molecule has 0 spiro atoms. The van der Waals surface area contributed by atoms with Crippen molar-refractivity contribution in [1.82, 2.24) is 0 Å². The molecule has 3 heteroatoms. The van der Waals surface area contributed by atoms with Gasteiger partial charge in [0.25, 0.3) is 0 Å². The highest BCUT2D eigenvalue weighted by atomic mass is 127. The molecule has 0 saturated heterocycles. The van der Waals surface area contributed by atoms with Crippen LogP contribution in [0.5, 0.6) is 0 Å².